The van der Waals surface area contributed by atoms with Crippen molar-refractivity contribution < 1.29 is 9.59 Å². The van der Waals surface area contributed by atoms with E-state index in [1.165, 1.54) is 0 Å². The van der Waals surface area contributed by atoms with E-state index >= 15 is 0 Å². The van der Waals surface area contributed by atoms with Crippen molar-refractivity contribution in [2.75, 3.05) is 0 Å². The number of hydrogen-bond acceptors (Lipinski definition) is 2. The van der Waals surface area contributed by atoms with Gasteiger partial charge in [-0.1, -0.05) is 23.7 Å². The van der Waals surface area contributed by atoms with Crippen molar-refractivity contribution in [2.45, 2.75) is 6.17 Å². The van der Waals surface area contributed by atoms with Gasteiger partial charge >= 0.3 is 12.1 Å². The van der Waals surface area contributed by atoms with Crippen LogP contribution in [-0.4, -0.2) is 12.1 Å². The van der Waals surface area contributed by atoms with Gasteiger partial charge < -0.3 is 10.6 Å². The molecule has 1 aromatic carbocycles. The average Bonchev–Trinajstić information content (AvgIpc) is 2.17. The Hall–Kier alpha value is -1.75. The maximum absolute atomic E-state index is 11.0. The van der Waals surface area contributed by atoms with Crippen molar-refractivity contribution in [1.29, 1.82) is 0 Å². The Kier molecular flexibility index (Phi) is 2.47. The summed E-state index contributed by atoms with van der Waals surface area (Å²) in [5, 5.41) is 7.78. The third kappa shape index (κ3) is 2.19. The number of amides is 4. The summed E-state index contributed by atoms with van der Waals surface area (Å²) in [5.74, 6) is 0. The van der Waals surface area contributed by atoms with Gasteiger partial charge in [0.25, 0.3) is 0 Å². The summed E-state index contributed by atoms with van der Waals surface area (Å²) in [6.07, 6.45) is -0.511. The second kappa shape index (κ2) is 3.78. The summed E-state index contributed by atoms with van der Waals surface area (Å²) in [6, 6.07) is 5.82. The topological polar surface area (TPSA) is 70.2 Å². The molecule has 1 aliphatic heterocycles. The molecule has 0 unspecified atom stereocenters. The van der Waals surface area contributed by atoms with Crippen molar-refractivity contribution in [3.8, 4) is 0 Å². The Bertz CT molecular complexity index is 388. The second-order valence-corrected chi connectivity index (χ2v) is 3.49. The Morgan fingerprint density at radius 3 is 2.07 bits per heavy atom. The Balaban J connectivity index is 2.19. The zero-order valence-electron chi connectivity index (χ0n) is 7.58. The van der Waals surface area contributed by atoms with Crippen molar-refractivity contribution >= 4 is 23.7 Å². The molecule has 6 heteroatoms. The number of imide groups is 1. The number of urea groups is 2. The van der Waals surface area contributed by atoms with Gasteiger partial charge in [-0.25, -0.2) is 9.59 Å². The standard InChI is InChI=1S/C9H8ClN3O2/c10-6-3-1-5(2-4-6)7-11-8(14)13-9(15)12-7/h1-4,7H,(H3,11,12,13,14,15). The molecule has 0 bridgehead atoms. The molecule has 0 spiro atoms. The van der Waals surface area contributed by atoms with Crippen LogP contribution in [0.4, 0.5) is 9.59 Å². The maximum atomic E-state index is 11.0. The second-order valence-electron chi connectivity index (χ2n) is 3.06. The number of carbonyl (C=O) groups excluding carboxylic acids is 2. The normalized spacial score (nSPS) is 16.6. The minimum atomic E-state index is -0.515. The van der Waals surface area contributed by atoms with E-state index in [0.717, 1.165) is 5.56 Å². The van der Waals surface area contributed by atoms with E-state index in [-0.39, 0.29) is 0 Å². The van der Waals surface area contributed by atoms with Crippen LogP contribution < -0.4 is 16.0 Å². The van der Waals surface area contributed by atoms with Gasteiger partial charge in [0.15, 0.2) is 0 Å². The highest BCUT2D eigenvalue weighted by Gasteiger charge is 2.23. The zero-order valence-corrected chi connectivity index (χ0v) is 8.34. The fourth-order valence-electron chi connectivity index (χ4n) is 1.30. The minimum absolute atomic E-state index is 0.511. The quantitative estimate of drug-likeness (QED) is 0.676. The average molecular weight is 226 g/mol. The Labute approximate surface area is 90.8 Å². The molecule has 5 nitrogen and oxygen atoms in total. The molecule has 3 N–H and O–H groups in total. The van der Waals surface area contributed by atoms with E-state index < -0.39 is 18.2 Å². The van der Waals surface area contributed by atoms with Gasteiger partial charge in [-0.3, -0.25) is 5.32 Å². The summed E-state index contributed by atoms with van der Waals surface area (Å²) in [6.45, 7) is 0. The number of halogens is 1. The number of benzene rings is 1. The molecule has 1 saturated heterocycles. The number of carbonyl (C=O) groups is 2. The first-order valence-corrected chi connectivity index (χ1v) is 4.66. The summed E-state index contributed by atoms with van der Waals surface area (Å²) < 4.78 is 0. The first-order chi connectivity index (χ1) is 7.15. The van der Waals surface area contributed by atoms with Crippen molar-refractivity contribution in [1.82, 2.24) is 16.0 Å². The Morgan fingerprint density at radius 2 is 1.53 bits per heavy atom. The number of rotatable bonds is 1. The largest absolute Gasteiger partial charge is 0.324 e. The summed E-state index contributed by atoms with van der Waals surface area (Å²) >= 11 is 5.72. The number of hydrogen-bond donors (Lipinski definition) is 3. The molecule has 4 amide bonds. The van der Waals surface area contributed by atoms with E-state index in [1.54, 1.807) is 24.3 Å². The van der Waals surface area contributed by atoms with Crippen LogP contribution in [0.1, 0.15) is 11.7 Å². The molecule has 1 aromatic rings. The van der Waals surface area contributed by atoms with E-state index in [2.05, 4.69) is 16.0 Å². The van der Waals surface area contributed by atoms with Crippen LogP contribution in [0.5, 0.6) is 0 Å². The first-order valence-electron chi connectivity index (χ1n) is 4.28. The monoisotopic (exact) mass is 225 g/mol. The third-order valence-corrected chi connectivity index (χ3v) is 2.23. The number of nitrogens with one attached hydrogen (secondary N) is 3. The lowest BCUT2D eigenvalue weighted by Gasteiger charge is -2.25. The minimum Gasteiger partial charge on any atom is -0.313 e. The van der Waals surface area contributed by atoms with Crippen LogP contribution >= 0.6 is 11.6 Å². The lowest BCUT2D eigenvalue weighted by atomic mass is 10.1. The molecule has 0 radical (unpaired) electrons. The van der Waals surface area contributed by atoms with Crippen LogP contribution in [0, 0.1) is 0 Å². The van der Waals surface area contributed by atoms with Gasteiger partial charge in [-0.2, -0.15) is 0 Å². The van der Waals surface area contributed by atoms with Gasteiger partial charge in [-0.15, -0.1) is 0 Å². The molecule has 1 fully saturated rings. The first kappa shape index (κ1) is 9.79. The van der Waals surface area contributed by atoms with E-state index in [1.807, 2.05) is 0 Å². The summed E-state index contributed by atoms with van der Waals surface area (Å²) in [5.41, 5.74) is 0.766. The molecular formula is C9H8ClN3O2. The van der Waals surface area contributed by atoms with Crippen molar-refractivity contribution in [3.63, 3.8) is 0 Å². The van der Waals surface area contributed by atoms with Gasteiger partial charge in [0, 0.05) is 5.02 Å². The molecule has 1 heterocycles. The highest BCUT2D eigenvalue weighted by Crippen LogP contribution is 2.15. The van der Waals surface area contributed by atoms with E-state index in [0.29, 0.717) is 5.02 Å². The predicted octanol–water partition coefficient (Wildman–Crippen LogP) is 1.36. The van der Waals surface area contributed by atoms with E-state index in [9.17, 15) is 9.59 Å². The lowest BCUT2D eigenvalue weighted by Crippen LogP contribution is -2.56. The van der Waals surface area contributed by atoms with Crippen LogP contribution in [0.3, 0.4) is 0 Å². The zero-order chi connectivity index (χ0) is 10.8. The molecule has 0 aromatic heterocycles. The predicted molar refractivity (Wildman–Crippen MR) is 54.4 cm³/mol. The van der Waals surface area contributed by atoms with Crippen molar-refractivity contribution in [2.24, 2.45) is 0 Å². The van der Waals surface area contributed by atoms with Gasteiger partial charge in [-0.05, 0) is 17.7 Å². The highest BCUT2D eigenvalue weighted by atomic mass is 35.5. The molecular weight excluding hydrogens is 218 g/mol. The summed E-state index contributed by atoms with van der Waals surface area (Å²) in [7, 11) is 0. The molecule has 15 heavy (non-hydrogen) atoms. The maximum Gasteiger partial charge on any atom is 0.324 e. The SMILES string of the molecule is O=C1NC(=O)NC(c2ccc(Cl)cc2)N1. The highest BCUT2D eigenvalue weighted by molar-refractivity contribution is 6.30. The van der Waals surface area contributed by atoms with Gasteiger partial charge in [0.1, 0.15) is 6.17 Å². The summed E-state index contributed by atoms with van der Waals surface area (Å²) in [4.78, 5) is 22.0. The lowest BCUT2D eigenvalue weighted by molar-refractivity contribution is 0.209. The molecule has 0 atom stereocenters. The molecule has 0 saturated carbocycles. The fraction of sp³-hybridized carbons (Fsp3) is 0.111. The fourth-order valence-corrected chi connectivity index (χ4v) is 1.42. The van der Waals surface area contributed by atoms with Crippen molar-refractivity contribution in [3.05, 3.63) is 34.9 Å². The smallest absolute Gasteiger partial charge is 0.313 e. The van der Waals surface area contributed by atoms with Crippen LogP contribution in [0.2, 0.25) is 5.02 Å². The van der Waals surface area contributed by atoms with Crippen LogP contribution in [0.15, 0.2) is 24.3 Å². The third-order valence-electron chi connectivity index (χ3n) is 1.98. The van der Waals surface area contributed by atoms with Crippen LogP contribution in [0.25, 0.3) is 0 Å². The van der Waals surface area contributed by atoms with E-state index in [4.69, 9.17) is 11.6 Å². The van der Waals surface area contributed by atoms with Crippen LogP contribution in [-0.2, 0) is 0 Å². The Morgan fingerprint density at radius 1 is 1.00 bits per heavy atom. The molecule has 1 aliphatic rings. The molecule has 0 aliphatic carbocycles. The molecule has 2 rings (SSSR count). The van der Waals surface area contributed by atoms with Gasteiger partial charge in [0.2, 0.25) is 0 Å². The molecule has 78 valence electrons. The van der Waals surface area contributed by atoms with Gasteiger partial charge in [0.05, 0.1) is 0 Å².